The zero-order valence-corrected chi connectivity index (χ0v) is 35.3. The van der Waals surface area contributed by atoms with Crippen LogP contribution in [-0.4, -0.2) is 71.6 Å². The van der Waals surface area contributed by atoms with E-state index in [-0.39, 0.29) is 12.1 Å². The molecule has 1 heterocycles. The Kier molecular flexibility index (Phi) is 15.5. The highest BCUT2D eigenvalue weighted by Crippen LogP contribution is 2.32. The summed E-state index contributed by atoms with van der Waals surface area (Å²) in [7, 11) is 0. The number of morpholine rings is 1. The summed E-state index contributed by atoms with van der Waals surface area (Å²) in [5.41, 5.74) is 6.29. The van der Waals surface area contributed by atoms with Gasteiger partial charge in [0.25, 0.3) is 0 Å². The molecular formula is C52H53N5O7. The first-order valence-corrected chi connectivity index (χ1v) is 21.5. The molecule has 1 saturated heterocycles. The van der Waals surface area contributed by atoms with E-state index < -0.39 is 47.9 Å². The van der Waals surface area contributed by atoms with E-state index in [1.54, 1.807) is 0 Å². The number of anilines is 2. The summed E-state index contributed by atoms with van der Waals surface area (Å²) in [6.45, 7) is 1.11. The van der Waals surface area contributed by atoms with Crippen molar-refractivity contribution in [1.29, 1.82) is 0 Å². The summed E-state index contributed by atoms with van der Waals surface area (Å²) < 4.78 is 6.35. The topological polar surface area (TPSA) is 178 Å². The highest BCUT2D eigenvalue weighted by atomic mass is 16.5. The maximum atomic E-state index is 14.1. The number of nitrogens with one attached hydrogen (secondary N) is 5. The van der Waals surface area contributed by atoms with Crippen molar-refractivity contribution in [2.24, 2.45) is 0 Å². The standard InChI is InChI=1S/C52H53N5O7/c58-49(47(56-51(60)61)45(37-19-5-1-6-20-37)38-21-7-2-8-22-38)54-43-27-15-13-17-35(43)29-31-41-34-64-42(33-53-41)32-30-36-18-14-16-28-44(36)55-50(59)48(57-52(62)63)46(39-23-9-3-10-24-39)40-25-11-4-12-26-40/h1-28,41-42,45-48,53,56-57H,29-34H2,(H,54,58)(H,55,59)(H,60,61)(H,62,63)/t41-,42-,47+,48+/m1/s1. The molecule has 1 fully saturated rings. The number of carbonyl (C=O) groups is 4. The van der Waals surface area contributed by atoms with Crippen LogP contribution in [0.25, 0.3) is 0 Å². The van der Waals surface area contributed by atoms with Crippen LogP contribution in [0.15, 0.2) is 170 Å². The quantitative estimate of drug-likeness (QED) is 0.0450. The molecule has 64 heavy (non-hydrogen) atoms. The molecule has 4 atom stereocenters. The summed E-state index contributed by atoms with van der Waals surface area (Å²) in [4.78, 5) is 52.3. The third kappa shape index (κ3) is 12.0. The van der Waals surface area contributed by atoms with Gasteiger partial charge in [-0.3, -0.25) is 9.59 Å². The fourth-order valence-electron chi connectivity index (χ4n) is 8.49. The van der Waals surface area contributed by atoms with E-state index in [2.05, 4.69) is 26.6 Å². The Labute approximate surface area is 373 Å². The second kappa shape index (κ2) is 22.2. The van der Waals surface area contributed by atoms with Gasteiger partial charge in [0.1, 0.15) is 12.1 Å². The van der Waals surface area contributed by atoms with Crippen molar-refractivity contribution in [1.82, 2.24) is 16.0 Å². The van der Waals surface area contributed by atoms with Crippen molar-refractivity contribution in [3.8, 4) is 0 Å². The van der Waals surface area contributed by atoms with E-state index in [0.29, 0.717) is 43.8 Å². The van der Waals surface area contributed by atoms with E-state index in [0.717, 1.165) is 39.8 Å². The number of aryl methyl sites for hydroxylation is 2. The van der Waals surface area contributed by atoms with Crippen molar-refractivity contribution in [2.75, 3.05) is 23.8 Å². The van der Waals surface area contributed by atoms with Gasteiger partial charge >= 0.3 is 12.2 Å². The van der Waals surface area contributed by atoms with Gasteiger partial charge in [-0.15, -0.1) is 0 Å². The Hall–Kier alpha value is -7.28. The van der Waals surface area contributed by atoms with Crippen LogP contribution in [0.4, 0.5) is 21.0 Å². The number of benzene rings is 6. The van der Waals surface area contributed by atoms with Gasteiger partial charge in [0.15, 0.2) is 0 Å². The Morgan fingerprint density at radius 2 is 0.875 bits per heavy atom. The van der Waals surface area contributed by atoms with E-state index >= 15 is 0 Å². The second-order valence-electron chi connectivity index (χ2n) is 15.9. The van der Waals surface area contributed by atoms with Crippen LogP contribution in [0.5, 0.6) is 0 Å². The van der Waals surface area contributed by atoms with E-state index in [4.69, 9.17) is 4.74 Å². The average molecular weight is 860 g/mol. The first kappa shape index (κ1) is 44.8. The molecule has 0 bridgehead atoms. The normalized spacial score (nSPS) is 15.7. The van der Waals surface area contributed by atoms with Gasteiger partial charge in [-0.25, -0.2) is 9.59 Å². The number of hydrogen-bond donors (Lipinski definition) is 7. The molecule has 4 amide bonds. The third-order valence-corrected chi connectivity index (χ3v) is 11.6. The molecular weight excluding hydrogens is 807 g/mol. The minimum absolute atomic E-state index is 0.0643. The van der Waals surface area contributed by atoms with E-state index in [9.17, 15) is 29.4 Å². The van der Waals surface area contributed by atoms with Gasteiger partial charge in [-0.2, -0.15) is 0 Å². The Balaban J connectivity index is 0.951. The van der Waals surface area contributed by atoms with Crippen molar-refractivity contribution >= 4 is 35.4 Å². The summed E-state index contributed by atoms with van der Waals surface area (Å²) in [5, 5.41) is 34.4. The monoisotopic (exact) mass is 859 g/mol. The lowest BCUT2D eigenvalue weighted by atomic mass is 9.84. The van der Waals surface area contributed by atoms with Crippen LogP contribution in [0.2, 0.25) is 0 Å². The molecule has 0 saturated carbocycles. The number of amides is 4. The molecule has 7 N–H and O–H groups in total. The Bertz CT molecular complexity index is 2200. The lowest BCUT2D eigenvalue weighted by molar-refractivity contribution is -0.119. The maximum absolute atomic E-state index is 14.1. The summed E-state index contributed by atoms with van der Waals surface area (Å²) >= 11 is 0. The lowest BCUT2D eigenvalue weighted by Crippen LogP contribution is -2.47. The molecule has 7 rings (SSSR count). The van der Waals surface area contributed by atoms with Gasteiger partial charge in [-0.1, -0.05) is 158 Å². The minimum atomic E-state index is -1.29. The van der Waals surface area contributed by atoms with Gasteiger partial charge in [0, 0.05) is 35.8 Å². The fraction of sp³-hybridized carbons (Fsp3) is 0.231. The molecule has 6 aromatic carbocycles. The largest absolute Gasteiger partial charge is 0.465 e. The molecule has 0 aliphatic carbocycles. The zero-order valence-electron chi connectivity index (χ0n) is 35.3. The highest BCUT2D eigenvalue weighted by molar-refractivity contribution is 5.99. The fourth-order valence-corrected chi connectivity index (χ4v) is 8.49. The van der Waals surface area contributed by atoms with Crippen LogP contribution < -0.4 is 26.6 Å². The number of ether oxygens (including phenoxy) is 1. The SMILES string of the molecule is O=C(O)N[C@H](C(=O)Nc1ccccc1CC[C@@H]1CO[C@H](CCc2ccccc2NC(=O)[C@@H](NC(=O)O)C(c2ccccc2)c2ccccc2)CN1)C(c1ccccc1)c1ccccc1. The number of carboxylic acid groups (broad SMARTS) is 2. The predicted molar refractivity (Wildman–Crippen MR) is 248 cm³/mol. The van der Waals surface area contributed by atoms with Gasteiger partial charge in [-0.05, 0) is 71.2 Å². The number of carbonyl (C=O) groups excluding carboxylic acids is 2. The van der Waals surface area contributed by atoms with Crippen molar-refractivity contribution in [2.45, 2.75) is 61.7 Å². The van der Waals surface area contributed by atoms with Crippen LogP contribution >= 0.6 is 0 Å². The van der Waals surface area contributed by atoms with Crippen LogP contribution in [0.1, 0.15) is 58.1 Å². The average Bonchev–Trinajstić information content (AvgIpc) is 3.32. The van der Waals surface area contributed by atoms with E-state index in [1.807, 2.05) is 170 Å². The molecule has 12 nitrogen and oxygen atoms in total. The number of rotatable bonds is 18. The van der Waals surface area contributed by atoms with Gasteiger partial charge in [0.05, 0.1) is 12.7 Å². The van der Waals surface area contributed by atoms with Gasteiger partial charge in [0.2, 0.25) is 11.8 Å². The molecule has 0 spiro atoms. The van der Waals surface area contributed by atoms with Crippen molar-refractivity contribution < 1.29 is 34.1 Å². The van der Waals surface area contributed by atoms with Crippen LogP contribution in [-0.2, 0) is 27.2 Å². The molecule has 0 unspecified atom stereocenters. The zero-order chi connectivity index (χ0) is 44.7. The Morgan fingerprint density at radius 3 is 1.23 bits per heavy atom. The maximum Gasteiger partial charge on any atom is 0.405 e. The molecule has 328 valence electrons. The summed E-state index contributed by atoms with van der Waals surface area (Å²) in [5.74, 6) is -2.07. The first-order chi connectivity index (χ1) is 31.2. The van der Waals surface area contributed by atoms with Crippen LogP contribution in [0, 0.1) is 0 Å². The summed E-state index contributed by atoms with van der Waals surface area (Å²) in [6, 6.07) is 50.6. The predicted octanol–water partition coefficient (Wildman–Crippen LogP) is 8.42. The molecule has 0 radical (unpaired) electrons. The smallest absolute Gasteiger partial charge is 0.405 e. The Morgan fingerprint density at radius 1 is 0.516 bits per heavy atom. The number of para-hydroxylation sites is 2. The molecule has 12 heteroatoms. The highest BCUT2D eigenvalue weighted by Gasteiger charge is 2.34. The lowest BCUT2D eigenvalue weighted by Gasteiger charge is -2.31. The van der Waals surface area contributed by atoms with Crippen molar-refractivity contribution in [3.63, 3.8) is 0 Å². The van der Waals surface area contributed by atoms with Gasteiger partial charge < -0.3 is 41.5 Å². The third-order valence-electron chi connectivity index (χ3n) is 11.6. The minimum Gasteiger partial charge on any atom is -0.465 e. The van der Waals surface area contributed by atoms with Crippen molar-refractivity contribution in [3.05, 3.63) is 203 Å². The van der Waals surface area contributed by atoms with E-state index in [1.165, 1.54) is 0 Å². The number of hydrogen-bond acceptors (Lipinski definition) is 6. The molecule has 0 aromatic heterocycles. The summed E-state index contributed by atoms with van der Waals surface area (Å²) in [6.07, 6.45) is 0.0178. The molecule has 1 aliphatic rings. The molecule has 1 aliphatic heterocycles. The first-order valence-electron chi connectivity index (χ1n) is 21.5. The molecule has 6 aromatic rings. The van der Waals surface area contributed by atoms with Crippen LogP contribution in [0.3, 0.4) is 0 Å². The second-order valence-corrected chi connectivity index (χ2v) is 15.9.